The number of para-hydroxylation sites is 1. The number of ether oxygens (including phenoxy) is 1. The number of hydrogen-bond donors (Lipinski definition) is 4. The van der Waals surface area contributed by atoms with Crippen molar-refractivity contribution in [1.82, 2.24) is 10.3 Å². The maximum atomic E-state index is 12.2. The molecule has 0 unspecified atom stereocenters. The molecule has 1 atom stereocenters. The number of benzene rings is 2. The number of carbonyl (C=O) groups is 2. The highest BCUT2D eigenvalue weighted by atomic mass is 16.5. The Hall–Kier alpha value is -4.40. The minimum absolute atomic E-state index is 0.153. The van der Waals surface area contributed by atoms with Crippen LogP contribution in [0.3, 0.4) is 0 Å². The van der Waals surface area contributed by atoms with Crippen LogP contribution in [-0.4, -0.2) is 22.9 Å². The second kappa shape index (κ2) is 9.88. The number of anilines is 2. The summed E-state index contributed by atoms with van der Waals surface area (Å²) in [7, 11) is 0. The fourth-order valence-electron chi connectivity index (χ4n) is 2.70. The van der Waals surface area contributed by atoms with Gasteiger partial charge in [0.25, 0.3) is 0 Å². The van der Waals surface area contributed by atoms with E-state index in [0.717, 1.165) is 5.56 Å². The Balaban J connectivity index is 1.62. The largest absolute Gasteiger partial charge is 0.441 e. The van der Waals surface area contributed by atoms with Gasteiger partial charge in [-0.1, -0.05) is 48.5 Å². The molecule has 0 aliphatic carbocycles. The molecule has 9 heteroatoms. The number of nitrogens with zero attached hydrogens (tertiary/aromatic N) is 2. The van der Waals surface area contributed by atoms with Crippen LogP contribution in [0.4, 0.5) is 21.1 Å². The fraction of sp³-hybridized carbons (Fsp3) is 0.0909. The van der Waals surface area contributed by atoms with E-state index in [1.54, 1.807) is 30.3 Å². The fourth-order valence-corrected chi connectivity index (χ4v) is 2.70. The molecule has 0 fully saturated rings. The molecule has 31 heavy (non-hydrogen) atoms. The molecular formula is C22H22N6O3. The molecule has 0 bridgehead atoms. The maximum Gasteiger partial charge on any atom is 0.441 e. The van der Waals surface area contributed by atoms with E-state index in [4.69, 9.17) is 16.2 Å². The lowest BCUT2D eigenvalue weighted by molar-refractivity contribution is 0.211. The van der Waals surface area contributed by atoms with Gasteiger partial charge in [-0.2, -0.15) is 4.99 Å². The third kappa shape index (κ3) is 6.04. The zero-order valence-corrected chi connectivity index (χ0v) is 16.8. The number of nitrogens with two attached hydrogens (primary N) is 2. The molecule has 0 radical (unpaired) electrons. The van der Waals surface area contributed by atoms with Crippen LogP contribution in [0.1, 0.15) is 24.1 Å². The van der Waals surface area contributed by atoms with Gasteiger partial charge in [-0.05, 0) is 24.6 Å². The normalized spacial score (nSPS) is 12.0. The van der Waals surface area contributed by atoms with E-state index in [9.17, 15) is 9.59 Å². The molecule has 0 saturated heterocycles. The van der Waals surface area contributed by atoms with Gasteiger partial charge >= 0.3 is 12.1 Å². The van der Waals surface area contributed by atoms with Crippen LogP contribution >= 0.6 is 0 Å². The third-order valence-corrected chi connectivity index (χ3v) is 4.26. The number of urea groups is 1. The summed E-state index contributed by atoms with van der Waals surface area (Å²) >= 11 is 0. The van der Waals surface area contributed by atoms with Gasteiger partial charge in [0.2, 0.25) is 0 Å². The van der Waals surface area contributed by atoms with Gasteiger partial charge < -0.3 is 21.5 Å². The summed E-state index contributed by atoms with van der Waals surface area (Å²) in [6.07, 6.45) is 0.430. The van der Waals surface area contributed by atoms with Crippen molar-refractivity contribution in [2.24, 2.45) is 10.7 Å². The first-order chi connectivity index (χ1) is 14.9. The highest BCUT2D eigenvalue weighted by Crippen LogP contribution is 2.16. The first kappa shape index (κ1) is 21.3. The van der Waals surface area contributed by atoms with E-state index in [2.05, 4.69) is 20.6 Å². The molecule has 3 rings (SSSR count). The Kier molecular flexibility index (Phi) is 6.79. The van der Waals surface area contributed by atoms with E-state index in [1.165, 1.54) is 12.3 Å². The van der Waals surface area contributed by atoms with Gasteiger partial charge in [0.1, 0.15) is 17.4 Å². The van der Waals surface area contributed by atoms with Crippen molar-refractivity contribution in [2.75, 3.05) is 11.1 Å². The number of amides is 3. The number of aromatic nitrogens is 1. The Labute approximate surface area is 179 Å². The average Bonchev–Trinajstić information content (AvgIpc) is 2.74. The van der Waals surface area contributed by atoms with Crippen LogP contribution in [0.25, 0.3) is 0 Å². The Morgan fingerprint density at radius 3 is 2.35 bits per heavy atom. The highest BCUT2D eigenvalue weighted by Gasteiger charge is 2.13. The lowest BCUT2D eigenvalue weighted by Crippen LogP contribution is -2.31. The van der Waals surface area contributed by atoms with Gasteiger partial charge in [0.15, 0.2) is 0 Å². The van der Waals surface area contributed by atoms with Crippen LogP contribution in [0.15, 0.2) is 77.9 Å². The quantitative estimate of drug-likeness (QED) is 0.369. The summed E-state index contributed by atoms with van der Waals surface area (Å²) in [6.45, 7) is 1.87. The van der Waals surface area contributed by atoms with E-state index < -0.39 is 12.1 Å². The number of rotatable bonds is 5. The number of amidine groups is 1. The SMILES string of the molecule is C[C@@H](NC(=O)Nc1cc(N)c(/C(N)=N\C(=O)Oc2ccccc2)cn1)c1ccccc1. The molecule has 0 aliphatic rings. The van der Waals surface area contributed by atoms with E-state index >= 15 is 0 Å². The van der Waals surface area contributed by atoms with Crippen LogP contribution in [0.5, 0.6) is 5.75 Å². The van der Waals surface area contributed by atoms with Crippen molar-refractivity contribution in [2.45, 2.75) is 13.0 Å². The third-order valence-electron chi connectivity index (χ3n) is 4.26. The van der Waals surface area contributed by atoms with Gasteiger partial charge in [0.05, 0.1) is 11.6 Å². The molecule has 2 aromatic carbocycles. The van der Waals surface area contributed by atoms with Crippen molar-refractivity contribution >= 4 is 29.5 Å². The summed E-state index contributed by atoms with van der Waals surface area (Å²) in [6, 6.07) is 18.8. The number of aliphatic imine (C=N–C) groups is 1. The topological polar surface area (TPSA) is 145 Å². The van der Waals surface area contributed by atoms with Crippen LogP contribution in [0.2, 0.25) is 0 Å². The summed E-state index contributed by atoms with van der Waals surface area (Å²) < 4.78 is 5.06. The maximum absolute atomic E-state index is 12.2. The molecule has 3 amide bonds. The highest BCUT2D eigenvalue weighted by molar-refractivity contribution is 6.06. The Bertz CT molecular complexity index is 1090. The molecule has 3 aromatic rings. The van der Waals surface area contributed by atoms with Crippen molar-refractivity contribution in [3.8, 4) is 5.75 Å². The molecular weight excluding hydrogens is 396 g/mol. The van der Waals surface area contributed by atoms with Crippen LogP contribution in [-0.2, 0) is 0 Å². The number of hydrogen-bond acceptors (Lipinski definition) is 5. The average molecular weight is 418 g/mol. The molecule has 0 aliphatic heterocycles. The number of pyridine rings is 1. The van der Waals surface area contributed by atoms with Crippen LogP contribution in [0, 0.1) is 0 Å². The minimum atomic E-state index is -0.889. The van der Waals surface area contributed by atoms with E-state index in [1.807, 2.05) is 37.3 Å². The minimum Gasteiger partial charge on any atom is -0.409 e. The van der Waals surface area contributed by atoms with Crippen molar-refractivity contribution in [1.29, 1.82) is 0 Å². The molecule has 0 saturated carbocycles. The van der Waals surface area contributed by atoms with Gasteiger partial charge in [-0.15, -0.1) is 0 Å². The number of nitrogen functional groups attached to an aromatic ring is 1. The smallest absolute Gasteiger partial charge is 0.409 e. The molecule has 1 aromatic heterocycles. The predicted octanol–water partition coefficient (Wildman–Crippen LogP) is 3.45. The number of carbonyl (C=O) groups excluding carboxylic acids is 2. The van der Waals surface area contributed by atoms with E-state index in [-0.39, 0.29) is 28.9 Å². The molecule has 0 spiro atoms. The van der Waals surface area contributed by atoms with Gasteiger partial charge in [-0.25, -0.2) is 14.6 Å². The summed E-state index contributed by atoms with van der Waals surface area (Å²) in [4.78, 5) is 31.9. The van der Waals surface area contributed by atoms with Gasteiger partial charge in [-0.3, -0.25) is 5.32 Å². The second-order valence-electron chi connectivity index (χ2n) is 6.57. The molecule has 158 valence electrons. The Morgan fingerprint density at radius 2 is 1.71 bits per heavy atom. The zero-order chi connectivity index (χ0) is 22.2. The van der Waals surface area contributed by atoms with Crippen molar-refractivity contribution in [3.05, 3.63) is 84.1 Å². The molecule has 1 heterocycles. The lowest BCUT2D eigenvalue weighted by Gasteiger charge is -2.15. The van der Waals surface area contributed by atoms with E-state index in [0.29, 0.717) is 5.75 Å². The summed E-state index contributed by atoms with van der Waals surface area (Å²) in [5.41, 5.74) is 13.3. The zero-order valence-electron chi connectivity index (χ0n) is 16.8. The molecule has 9 nitrogen and oxygen atoms in total. The summed E-state index contributed by atoms with van der Waals surface area (Å²) in [5, 5.41) is 5.42. The molecule has 6 N–H and O–H groups in total. The monoisotopic (exact) mass is 418 g/mol. The van der Waals surface area contributed by atoms with Crippen molar-refractivity contribution in [3.63, 3.8) is 0 Å². The first-order valence-electron chi connectivity index (χ1n) is 9.41. The lowest BCUT2D eigenvalue weighted by atomic mass is 10.1. The standard InChI is InChI=1S/C22H22N6O3/c1-14(15-8-4-2-5-9-15)26-21(29)27-19-12-18(23)17(13-25-19)20(24)28-22(30)31-16-10-6-3-7-11-16/h2-14H,1H3,(H2,24,28,30)(H4,23,25,26,27,29)/t14-/m1/s1. The second-order valence-corrected chi connectivity index (χ2v) is 6.57. The predicted molar refractivity (Wildman–Crippen MR) is 119 cm³/mol. The van der Waals surface area contributed by atoms with Crippen molar-refractivity contribution < 1.29 is 14.3 Å². The number of nitrogens with one attached hydrogen (secondary N) is 2. The summed E-state index contributed by atoms with van der Waals surface area (Å²) in [5.74, 6) is 0.406. The Morgan fingerprint density at radius 1 is 1.06 bits per heavy atom. The first-order valence-corrected chi connectivity index (χ1v) is 9.41. The van der Waals surface area contributed by atoms with Gasteiger partial charge in [0, 0.05) is 18.0 Å². The van der Waals surface area contributed by atoms with Crippen LogP contribution < -0.4 is 26.8 Å².